The zero-order valence-corrected chi connectivity index (χ0v) is 21.9. The van der Waals surface area contributed by atoms with Crippen LogP contribution in [0, 0.1) is 0 Å². The van der Waals surface area contributed by atoms with Crippen molar-refractivity contribution in [3.05, 3.63) is 105 Å². The fraction of sp³-hybridized carbons (Fsp3) is 0.286. The van der Waals surface area contributed by atoms with Gasteiger partial charge < -0.3 is 10.2 Å². The smallest absolute Gasteiger partial charge is 0.243 e. The Bertz CT molecular complexity index is 1120. The first-order valence-electron chi connectivity index (χ1n) is 11.7. The summed E-state index contributed by atoms with van der Waals surface area (Å²) >= 11 is 18.4. The Balaban J connectivity index is 1.95. The van der Waals surface area contributed by atoms with Crippen LogP contribution in [-0.2, 0) is 29.0 Å². The lowest BCUT2D eigenvalue weighted by atomic mass is 10.0. The molecule has 0 heterocycles. The summed E-state index contributed by atoms with van der Waals surface area (Å²) in [6.45, 7) is 2.86. The van der Waals surface area contributed by atoms with Gasteiger partial charge in [-0.3, -0.25) is 9.59 Å². The van der Waals surface area contributed by atoms with E-state index in [0.717, 1.165) is 29.5 Å². The highest BCUT2D eigenvalue weighted by Crippen LogP contribution is 2.25. The van der Waals surface area contributed by atoms with Gasteiger partial charge >= 0.3 is 0 Å². The molecule has 0 aromatic heterocycles. The maximum Gasteiger partial charge on any atom is 0.243 e. The molecule has 0 saturated heterocycles. The number of rotatable bonds is 11. The summed E-state index contributed by atoms with van der Waals surface area (Å²) in [6, 6.07) is 21.5. The van der Waals surface area contributed by atoms with Crippen molar-refractivity contribution in [2.24, 2.45) is 0 Å². The molecular weight excluding hydrogens is 503 g/mol. The minimum Gasteiger partial charge on any atom is -0.354 e. The second-order valence-electron chi connectivity index (χ2n) is 8.42. The van der Waals surface area contributed by atoms with E-state index in [1.54, 1.807) is 29.2 Å². The van der Waals surface area contributed by atoms with Crippen molar-refractivity contribution in [3.8, 4) is 0 Å². The third kappa shape index (κ3) is 8.28. The molecule has 3 aromatic rings. The molecule has 0 aliphatic heterocycles. The van der Waals surface area contributed by atoms with Gasteiger partial charge in [0.2, 0.25) is 11.8 Å². The molecule has 3 rings (SSSR count). The summed E-state index contributed by atoms with van der Waals surface area (Å²) in [5.74, 6) is -0.336. The third-order valence-corrected chi connectivity index (χ3v) is 6.70. The van der Waals surface area contributed by atoms with Crippen molar-refractivity contribution in [2.45, 2.75) is 45.2 Å². The lowest BCUT2D eigenvalue weighted by Crippen LogP contribution is -2.51. The van der Waals surface area contributed by atoms with Gasteiger partial charge in [0.25, 0.3) is 0 Å². The average molecular weight is 532 g/mol. The van der Waals surface area contributed by atoms with Gasteiger partial charge in [0.1, 0.15) is 6.04 Å². The van der Waals surface area contributed by atoms with E-state index in [-0.39, 0.29) is 24.8 Å². The van der Waals surface area contributed by atoms with Gasteiger partial charge in [-0.15, -0.1) is 0 Å². The fourth-order valence-electron chi connectivity index (χ4n) is 3.77. The number of unbranched alkanes of at least 4 members (excludes halogenated alkanes) is 1. The van der Waals surface area contributed by atoms with Gasteiger partial charge in [-0.2, -0.15) is 0 Å². The summed E-state index contributed by atoms with van der Waals surface area (Å²) in [6.07, 6.45) is 2.37. The third-order valence-electron chi connectivity index (χ3n) is 5.71. The largest absolute Gasteiger partial charge is 0.354 e. The molecule has 0 unspecified atom stereocenters. The Morgan fingerprint density at radius 2 is 1.54 bits per heavy atom. The lowest BCUT2D eigenvalue weighted by molar-refractivity contribution is -0.140. The first kappa shape index (κ1) is 27.1. The maximum absolute atomic E-state index is 13.7. The molecule has 0 fully saturated rings. The summed E-state index contributed by atoms with van der Waals surface area (Å²) in [5.41, 5.74) is 2.59. The van der Waals surface area contributed by atoms with Crippen molar-refractivity contribution >= 4 is 46.6 Å². The van der Waals surface area contributed by atoms with E-state index < -0.39 is 6.04 Å². The summed E-state index contributed by atoms with van der Waals surface area (Å²) in [5, 5.41) is 4.46. The minimum absolute atomic E-state index is 0.145. The second kappa shape index (κ2) is 13.5. The molecule has 0 radical (unpaired) electrons. The van der Waals surface area contributed by atoms with E-state index in [1.807, 2.05) is 48.5 Å². The number of carbonyl (C=O) groups excluding carboxylic acids is 2. The van der Waals surface area contributed by atoms with E-state index in [2.05, 4.69) is 12.2 Å². The molecule has 0 aliphatic rings. The van der Waals surface area contributed by atoms with E-state index in [1.165, 1.54) is 0 Å². The number of carbonyl (C=O) groups is 2. The number of hydrogen-bond acceptors (Lipinski definition) is 2. The van der Waals surface area contributed by atoms with Gasteiger partial charge in [0.15, 0.2) is 0 Å². The number of hydrogen-bond donors (Lipinski definition) is 1. The minimum atomic E-state index is -0.691. The van der Waals surface area contributed by atoms with Crippen LogP contribution < -0.4 is 5.32 Å². The molecule has 184 valence electrons. The molecule has 4 nitrogen and oxygen atoms in total. The number of amides is 2. The summed E-state index contributed by atoms with van der Waals surface area (Å²) in [4.78, 5) is 28.7. The Kier molecular flexibility index (Phi) is 10.5. The van der Waals surface area contributed by atoms with Crippen LogP contribution in [0.1, 0.15) is 36.5 Å². The highest BCUT2D eigenvalue weighted by atomic mass is 35.5. The van der Waals surface area contributed by atoms with Crippen LogP contribution in [0.15, 0.2) is 72.8 Å². The molecule has 3 aromatic carbocycles. The highest BCUT2D eigenvalue weighted by molar-refractivity contribution is 6.42. The lowest BCUT2D eigenvalue weighted by Gasteiger charge is -2.32. The monoisotopic (exact) mass is 530 g/mol. The van der Waals surface area contributed by atoms with Crippen molar-refractivity contribution in [2.75, 3.05) is 6.54 Å². The first-order valence-corrected chi connectivity index (χ1v) is 12.8. The van der Waals surface area contributed by atoms with Gasteiger partial charge in [0.05, 0.1) is 16.5 Å². The van der Waals surface area contributed by atoms with Crippen LogP contribution in [0.4, 0.5) is 0 Å². The molecule has 1 atom stereocenters. The highest BCUT2D eigenvalue weighted by Gasteiger charge is 2.30. The van der Waals surface area contributed by atoms with Gasteiger partial charge in [-0.05, 0) is 47.4 Å². The van der Waals surface area contributed by atoms with Crippen molar-refractivity contribution in [3.63, 3.8) is 0 Å². The summed E-state index contributed by atoms with van der Waals surface area (Å²) in [7, 11) is 0. The van der Waals surface area contributed by atoms with Crippen LogP contribution in [0.5, 0.6) is 0 Å². The number of benzene rings is 3. The second-order valence-corrected chi connectivity index (χ2v) is 9.67. The van der Waals surface area contributed by atoms with Crippen LogP contribution in [0.3, 0.4) is 0 Å². The molecule has 2 amide bonds. The number of halogens is 3. The molecule has 0 saturated carbocycles. The Hall–Kier alpha value is -2.53. The first-order chi connectivity index (χ1) is 16.9. The fourth-order valence-corrected chi connectivity index (χ4v) is 4.22. The Labute approximate surface area is 222 Å². The molecule has 0 spiro atoms. The number of nitrogens with one attached hydrogen (secondary N) is 1. The quantitative estimate of drug-likeness (QED) is 0.278. The van der Waals surface area contributed by atoms with Gasteiger partial charge in [-0.25, -0.2) is 0 Å². The molecular formula is C28H29Cl3N2O2. The normalized spacial score (nSPS) is 11.7. The summed E-state index contributed by atoms with van der Waals surface area (Å²) < 4.78 is 0. The topological polar surface area (TPSA) is 49.4 Å². The molecule has 0 aliphatic carbocycles. The standard InChI is InChI=1S/C28H29Cl3N2O2/c1-2-3-15-32-28(35)26(17-20-7-5-4-6-8-20)33(19-22-11-14-24(30)25(31)16-22)27(34)18-21-9-12-23(29)13-10-21/h4-14,16,26H,2-3,15,17-19H2,1H3,(H,32,35)/t26-/m0/s1. The van der Waals surface area contributed by atoms with Crippen molar-refractivity contribution in [1.82, 2.24) is 10.2 Å². The van der Waals surface area contributed by atoms with Crippen molar-refractivity contribution in [1.29, 1.82) is 0 Å². The predicted molar refractivity (Wildman–Crippen MR) is 144 cm³/mol. The Morgan fingerprint density at radius 1 is 0.857 bits per heavy atom. The van der Waals surface area contributed by atoms with Gasteiger partial charge in [0, 0.05) is 24.5 Å². The zero-order valence-electron chi connectivity index (χ0n) is 19.6. The SMILES string of the molecule is CCCCNC(=O)[C@H](Cc1ccccc1)N(Cc1ccc(Cl)c(Cl)c1)C(=O)Cc1ccc(Cl)cc1. The van der Waals surface area contributed by atoms with Crippen LogP contribution in [-0.4, -0.2) is 29.3 Å². The molecule has 1 N–H and O–H groups in total. The van der Waals surface area contributed by atoms with E-state index in [4.69, 9.17) is 34.8 Å². The molecule has 0 bridgehead atoms. The van der Waals surface area contributed by atoms with Crippen LogP contribution >= 0.6 is 34.8 Å². The van der Waals surface area contributed by atoms with E-state index >= 15 is 0 Å². The zero-order chi connectivity index (χ0) is 25.2. The average Bonchev–Trinajstić information content (AvgIpc) is 2.85. The molecule has 7 heteroatoms. The van der Waals surface area contributed by atoms with Gasteiger partial charge in [-0.1, -0.05) is 96.7 Å². The molecule has 35 heavy (non-hydrogen) atoms. The van der Waals surface area contributed by atoms with E-state index in [9.17, 15) is 9.59 Å². The number of nitrogens with zero attached hydrogens (tertiary/aromatic N) is 1. The van der Waals surface area contributed by atoms with E-state index in [0.29, 0.717) is 28.0 Å². The van der Waals surface area contributed by atoms with Crippen LogP contribution in [0.25, 0.3) is 0 Å². The predicted octanol–water partition coefficient (Wildman–Crippen LogP) is 6.75. The van der Waals surface area contributed by atoms with Crippen molar-refractivity contribution < 1.29 is 9.59 Å². The Morgan fingerprint density at radius 3 is 2.20 bits per heavy atom. The maximum atomic E-state index is 13.7. The van der Waals surface area contributed by atoms with Crippen LogP contribution in [0.2, 0.25) is 15.1 Å².